The first-order valence-corrected chi connectivity index (χ1v) is 12.3. The number of nitrogens with one attached hydrogen (secondary N) is 3. The molecule has 160 valence electrons. The number of halogens is 1. The molecule has 2 amide bonds. The van der Waals surface area contributed by atoms with Gasteiger partial charge in [-0.05, 0) is 42.3 Å². The van der Waals surface area contributed by atoms with Crippen LogP contribution >= 0.6 is 23.4 Å². The average Bonchev–Trinajstić information content (AvgIpc) is 2.72. The van der Waals surface area contributed by atoms with E-state index in [9.17, 15) is 18.0 Å². The fourth-order valence-corrected chi connectivity index (χ4v) is 5.53. The van der Waals surface area contributed by atoms with Crippen LogP contribution in [-0.2, 0) is 25.8 Å². The molecule has 2 atom stereocenters. The monoisotopic (exact) mass is 467 g/mol. The predicted molar refractivity (Wildman–Crippen MR) is 119 cm³/mol. The minimum absolute atomic E-state index is 0.00322. The third-order valence-corrected chi connectivity index (χ3v) is 7.90. The predicted octanol–water partition coefficient (Wildman–Crippen LogP) is 2.42. The van der Waals surface area contributed by atoms with Gasteiger partial charge in [-0.2, -0.15) is 0 Å². The van der Waals surface area contributed by atoms with E-state index in [1.165, 1.54) is 35.5 Å². The molecule has 3 N–H and O–H groups in total. The van der Waals surface area contributed by atoms with Crippen LogP contribution in [0.4, 0.5) is 5.69 Å². The number of thioether (sulfide) groups is 1. The Labute approximate surface area is 184 Å². The van der Waals surface area contributed by atoms with E-state index in [0.717, 1.165) is 6.42 Å². The number of hydrogen-bond acceptors (Lipinski definition) is 6. The Balaban J connectivity index is 1.52. The number of rotatable bonds is 7. The van der Waals surface area contributed by atoms with Gasteiger partial charge in [0.25, 0.3) is 0 Å². The van der Waals surface area contributed by atoms with Gasteiger partial charge in [-0.3, -0.25) is 14.9 Å². The molecule has 2 aromatic rings. The smallest absolute Gasteiger partial charge is 0.241 e. The number of carbonyl (C=O) groups is 2. The molecule has 2 aromatic carbocycles. The number of aryl methyl sites for hydroxylation is 1. The van der Waals surface area contributed by atoms with Crippen molar-refractivity contribution in [3.63, 3.8) is 0 Å². The van der Waals surface area contributed by atoms with Gasteiger partial charge >= 0.3 is 0 Å². The van der Waals surface area contributed by atoms with E-state index in [-0.39, 0.29) is 28.1 Å². The zero-order chi connectivity index (χ0) is 21.7. The number of amides is 2. The molecule has 0 saturated carbocycles. The summed E-state index contributed by atoms with van der Waals surface area (Å²) in [5, 5.41) is 7.39. The molecule has 0 aliphatic carbocycles. The molecule has 0 bridgehead atoms. The second kappa shape index (κ2) is 9.82. The Hall–Kier alpha value is -2.07. The van der Waals surface area contributed by atoms with Gasteiger partial charge in [0.2, 0.25) is 11.8 Å². The quantitative estimate of drug-likeness (QED) is 0.577. The fraction of sp³-hybridized carbons (Fsp3) is 0.300. The minimum atomic E-state index is -3.88. The topological polar surface area (TPSA) is 104 Å². The molecule has 7 nitrogen and oxygen atoms in total. The van der Waals surface area contributed by atoms with Crippen LogP contribution in [-0.4, -0.2) is 43.3 Å². The largest absolute Gasteiger partial charge is 0.331 e. The molecule has 10 heteroatoms. The van der Waals surface area contributed by atoms with Crippen molar-refractivity contribution in [3.05, 3.63) is 59.1 Å². The second-order valence-electron chi connectivity index (χ2n) is 6.70. The number of benzene rings is 2. The number of sulfone groups is 1. The van der Waals surface area contributed by atoms with Crippen LogP contribution < -0.4 is 16.0 Å². The van der Waals surface area contributed by atoms with E-state index >= 15 is 0 Å². The third kappa shape index (κ3) is 5.54. The molecule has 1 aliphatic rings. The number of anilines is 1. The number of hydrogen-bond donors (Lipinski definition) is 3. The zero-order valence-corrected chi connectivity index (χ0v) is 18.6. The summed E-state index contributed by atoms with van der Waals surface area (Å²) < 4.78 is 25.5. The van der Waals surface area contributed by atoms with E-state index < -0.39 is 26.5 Å². The number of carbonyl (C=O) groups excluding carboxylic acids is 2. The van der Waals surface area contributed by atoms with Crippen molar-refractivity contribution in [1.82, 2.24) is 10.6 Å². The van der Waals surface area contributed by atoms with Crippen molar-refractivity contribution in [2.75, 3.05) is 17.6 Å². The first-order chi connectivity index (χ1) is 14.3. The van der Waals surface area contributed by atoms with Crippen LogP contribution in [0.1, 0.15) is 12.5 Å². The van der Waals surface area contributed by atoms with Crippen LogP contribution in [0.3, 0.4) is 0 Å². The second-order valence-corrected chi connectivity index (χ2v) is 10.4. The van der Waals surface area contributed by atoms with E-state index in [1.54, 1.807) is 6.07 Å². The normalized spacial score (nSPS) is 19.2. The highest BCUT2D eigenvalue weighted by atomic mass is 35.5. The summed E-state index contributed by atoms with van der Waals surface area (Å²) in [5.41, 5.74) is 1.32. The van der Waals surface area contributed by atoms with Crippen LogP contribution in [0.25, 0.3) is 0 Å². The van der Waals surface area contributed by atoms with E-state index in [1.807, 2.05) is 24.3 Å². The molecule has 2 unspecified atom stereocenters. The van der Waals surface area contributed by atoms with Crippen molar-refractivity contribution in [1.29, 1.82) is 0 Å². The van der Waals surface area contributed by atoms with Gasteiger partial charge in [-0.1, -0.05) is 36.7 Å². The maximum atomic E-state index is 12.7. The van der Waals surface area contributed by atoms with Crippen LogP contribution in [0, 0.1) is 0 Å². The van der Waals surface area contributed by atoms with Gasteiger partial charge in [0.1, 0.15) is 5.50 Å². The van der Waals surface area contributed by atoms with E-state index in [2.05, 4.69) is 22.9 Å². The highest BCUT2D eigenvalue weighted by Gasteiger charge is 2.38. The lowest BCUT2D eigenvalue weighted by Crippen LogP contribution is -2.59. The molecule has 0 radical (unpaired) electrons. The van der Waals surface area contributed by atoms with Gasteiger partial charge in [-0.15, -0.1) is 11.8 Å². The Kier molecular flexibility index (Phi) is 7.41. The van der Waals surface area contributed by atoms with Crippen molar-refractivity contribution < 1.29 is 18.0 Å². The maximum Gasteiger partial charge on any atom is 0.241 e. The van der Waals surface area contributed by atoms with E-state index in [0.29, 0.717) is 5.69 Å². The molecule has 3 rings (SSSR count). The summed E-state index contributed by atoms with van der Waals surface area (Å²) in [6.07, 6.45) is 0.922. The van der Waals surface area contributed by atoms with Gasteiger partial charge in [0, 0.05) is 17.3 Å². The third-order valence-electron chi connectivity index (χ3n) is 4.58. The minimum Gasteiger partial charge on any atom is -0.331 e. The highest BCUT2D eigenvalue weighted by Crippen LogP contribution is 2.22. The van der Waals surface area contributed by atoms with Crippen molar-refractivity contribution >= 4 is 50.7 Å². The van der Waals surface area contributed by atoms with Crippen LogP contribution in [0.15, 0.2) is 53.4 Å². The summed E-state index contributed by atoms with van der Waals surface area (Å²) in [6, 6.07) is 13.4. The van der Waals surface area contributed by atoms with Crippen LogP contribution in [0.2, 0.25) is 5.02 Å². The summed E-state index contributed by atoms with van der Waals surface area (Å²) >= 11 is 7.05. The van der Waals surface area contributed by atoms with Gasteiger partial charge in [0.15, 0.2) is 15.1 Å². The molecule has 30 heavy (non-hydrogen) atoms. The Morgan fingerprint density at radius 1 is 1.23 bits per heavy atom. The van der Waals surface area contributed by atoms with Crippen molar-refractivity contribution in [2.45, 2.75) is 29.0 Å². The lowest BCUT2D eigenvalue weighted by Gasteiger charge is -2.29. The van der Waals surface area contributed by atoms with Gasteiger partial charge in [0.05, 0.1) is 10.6 Å². The molecule has 1 aliphatic heterocycles. The molecule has 1 heterocycles. The standard InChI is InChI=1S/C20H22ClN3O4S2/c1-2-13-6-8-15(9-7-13)23-18(25)12-29-20-22-11-17(19(26)24-20)30(27,28)16-5-3-4-14(21)10-16/h3-10,17,20,22H,2,11-12H2,1H3,(H,23,25)(H,24,26). The molecule has 1 fully saturated rings. The Morgan fingerprint density at radius 3 is 2.60 bits per heavy atom. The SMILES string of the molecule is CCc1ccc(NC(=O)CSC2NCC(S(=O)(=O)c3cccc(Cl)c3)C(=O)N2)cc1. The van der Waals surface area contributed by atoms with Crippen molar-refractivity contribution in [3.8, 4) is 0 Å². The fourth-order valence-electron chi connectivity index (χ4n) is 2.92. The first kappa shape index (κ1) is 22.6. The lowest BCUT2D eigenvalue weighted by atomic mass is 10.1. The highest BCUT2D eigenvalue weighted by molar-refractivity contribution is 8.00. The first-order valence-electron chi connectivity index (χ1n) is 9.33. The summed E-state index contributed by atoms with van der Waals surface area (Å²) in [7, 11) is -3.88. The molecule has 1 saturated heterocycles. The molecular formula is C20H22ClN3O4S2. The van der Waals surface area contributed by atoms with Gasteiger partial charge < -0.3 is 10.6 Å². The van der Waals surface area contributed by atoms with E-state index in [4.69, 9.17) is 11.6 Å². The Bertz CT molecular complexity index is 1030. The van der Waals surface area contributed by atoms with Gasteiger partial charge in [-0.25, -0.2) is 8.42 Å². The molecular weight excluding hydrogens is 446 g/mol. The zero-order valence-electron chi connectivity index (χ0n) is 16.2. The Morgan fingerprint density at radius 2 is 1.97 bits per heavy atom. The maximum absolute atomic E-state index is 12.7. The summed E-state index contributed by atoms with van der Waals surface area (Å²) in [5.74, 6) is -0.727. The average molecular weight is 468 g/mol. The molecule has 0 aromatic heterocycles. The summed E-state index contributed by atoms with van der Waals surface area (Å²) in [4.78, 5) is 24.6. The lowest BCUT2D eigenvalue weighted by molar-refractivity contribution is -0.122. The van der Waals surface area contributed by atoms with Crippen LogP contribution in [0.5, 0.6) is 0 Å². The molecule has 0 spiro atoms. The van der Waals surface area contributed by atoms with Crippen molar-refractivity contribution in [2.24, 2.45) is 0 Å². The summed E-state index contributed by atoms with van der Waals surface area (Å²) in [6.45, 7) is 2.00.